The number of nitrogens with zero attached hydrogens (tertiary/aromatic N) is 4. The number of hydrogen-bond donors (Lipinski definition) is 1. The zero-order chi connectivity index (χ0) is 14.9. The molecule has 2 aromatic carbocycles. The highest BCUT2D eigenvalue weighted by Crippen LogP contribution is 2.28. The van der Waals surface area contributed by atoms with E-state index in [1.54, 1.807) is 18.6 Å². The summed E-state index contributed by atoms with van der Waals surface area (Å²) in [5.74, 6) is 0.258. The lowest BCUT2D eigenvalue weighted by Crippen LogP contribution is -1.96. The van der Waals surface area contributed by atoms with E-state index in [9.17, 15) is 0 Å². The van der Waals surface area contributed by atoms with Gasteiger partial charge in [-0.15, -0.1) is 0 Å². The predicted octanol–water partition coefficient (Wildman–Crippen LogP) is 3.05. The van der Waals surface area contributed by atoms with Crippen LogP contribution in [0.3, 0.4) is 0 Å². The number of nitrogen functional groups attached to an aromatic ring is 1. The van der Waals surface area contributed by atoms with Crippen molar-refractivity contribution in [2.24, 2.45) is 5.10 Å². The topological polar surface area (TPSA) is 69.1 Å². The molecule has 5 heteroatoms. The largest absolute Gasteiger partial charge is 0.368 e. The van der Waals surface area contributed by atoms with Gasteiger partial charge in [-0.1, -0.05) is 36.4 Å². The van der Waals surface area contributed by atoms with Gasteiger partial charge in [-0.3, -0.25) is 0 Å². The molecule has 0 aliphatic rings. The first-order chi connectivity index (χ1) is 10.8. The summed E-state index contributed by atoms with van der Waals surface area (Å²) in [6.07, 6.45) is 5.04. The van der Waals surface area contributed by atoms with Crippen LogP contribution < -0.4 is 5.73 Å². The standard InChI is InChI=1S/C17H13N5/c18-17-19-9-12(10-20-17)11-21-22-15-7-3-1-5-13(15)14-6-2-4-8-16(14)22/h1-11H,(H2,18,19,20)/b21-11-. The van der Waals surface area contributed by atoms with Gasteiger partial charge in [0.2, 0.25) is 5.95 Å². The van der Waals surface area contributed by atoms with E-state index in [1.807, 2.05) is 28.9 Å². The van der Waals surface area contributed by atoms with Crippen LogP contribution >= 0.6 is 0 Å². The third kappa shape index (κ3) is 2.00. The Morgan fingerprint density at radius 1 is 0.864 bits per heavy atom. The molecule has 0 amide bonds. The highest BCUT2D eigenvalue weighted by Gasteiger charge is 2.08. The van der Waals surface area contributed by atoms with Crippen molar-refractivity contribution in [2.75, 3.05) is 5.73 Å². The van der Waals surface area contributed by atoms with Gasteiger partial charge >= 0.3 is 0 Å². The van der Waals surface area contributed by atoms with E-state index in [2.05, 4.69) is 39.3 Å². The molecule has 0 spiro atoms. The molecule has 0 fully saturated rings. The van der Waals surface area contributed by atoms with Crippen LogP contribution in [0.4, 0.5) is 5.95 Å². The second-order valence-electron chi connectivity index (χ2n) is 4.97. The first kappa shape index (κ1) is 12.5. The van der Waals surface area contributed by atoms with Gasteiger partial charge in [-0.2, -0.15) is 5.10 Å². The summed E-state index contributed by atoms with van der Waals surface area (Å²) in [6, 6.07) is 16.4. The van der Waals surface area contributed by atoms with E-state index in [0.717, 1.165) is 16.6 Å². The number of rotatable bonds is 2. The zero-order valence-electron chi connectivity index (χ0n) is 11.7. The highest BCUT2D eigenvalue weighted by atomic mass is 15.3. The smallest absolute Gasteiger partial charge is 0.219 e. The number of para-hydroxylation sites is 2. The number of benzene rings is 2. The Kier molecular flexibility index (Phi) is 2.83. The zero-order valence-corrected chi connectivity index (χ0v) is 11.7. The summed E-state index contributed by atoms with van der Waals surface area (Å²) < 4.78 is 1.93. The Morgan fingerprint density at radius 2 is 1.41 bits per heavy atom. The number of nitrogens with two attached hydrogens (primary N) is 1. The molecule has 22 heavy (non-hydrogen) atoms. The second-order valence-corrected chi connectivity index (χ2v) is 4.97. The van der Waals surface area contributed by atoms with Crippen LogP contribution in [0, 0.1) is 0 Å². The van der Waals surface area contributed by atoms with Crippen LogP contribution in [-0.2, 0) is 0 Å². The maximum atomic E-state index is 5.49. The van der Waals surface area contributed by atoms with Crippen LogP contribution in [0.1, 0.15) is 5.56 Å². The van der Waals surface area contributed by atoms with Gasteiger partial charge in [0.05, 0.1) is 17.2 Å². The Bertz CT molecular complexity index is 930. The van der Waals surface area contributed by atoms with E-state index < -0.39 is 0 Å². The average Bonchev–Trinajstić information content (AvgIpc) is 2.89. The van der Waals surface area contributed by atoms with Gasteiger partial charge in [0, 0.05) is 28.7 Å². The van der Waals surface area contributed by atoms with Gasteiger partial charge in [-0.05, 0) is 12.1 Å². The predicted molar refractivity (Wildman–Crippen MR) is 88.9 cm³/mol. The maximum absolute atomic E-state index is 5.49. The summed E-state index contributed by atoms with van der Waals surface area (Å²) in [7, 11) is 0. The van der Waals surface area contributed by atoms with Crippen molar-refractivity contribution < 1.29 is 0 Å². The SMILES string of the molecule is Nc1ncc(/C=N\n2c3ccccc3c3ccccc32)cn1. The first-order valence-electron chi connectivity index (χ1n) is 6.93. The van der Waals surface area contributed by atoms with Gasteiger partial charge in [-0.25, -0.2) is 14.6 Å². The van der Waals surface area contributed by atoms with E-state index in [1.165, 1.54) is 10.8 Å². The fraction of sp³-hybridized carbons (Fsp3) is 0. The van der Waals surface area contributed by atoms with Crippen molar-refractivity contribution in [1.82, 2.24) is 14.6 Å². The summed E-state index contributed by atoms with van der Waals surface area (Å²) in [6.45, 7) is 0. The van der Waals surface area contributed by atoms with Crippen molar-refractivity contribution in [3.63, 3.8) is 0 Å². The number of anilines is 1. The quantitative estimate of drug-likeness (QED) is 0.576. The minimum Gasteiger partial charge on any atom is -0.368 e. The van der Waals surface area contributed by atoms with Crippen LogP contribution in [-0.4, -0.2) is 20.9 Å². The summed E-state index contributed by atoms with van der Waals surface area (Å²) in [5.41, 5.74) is 8.43. The molecular formula is C17H13N5. The van der Waals surface area contributed by atoms with Gasteiger partial charge < -0.3 is 5.73 Å². The lowest BCUT2D eigenvalue weighted by molar-refractivity contribution is 0.974. The minimum absolute atomic E-state index is 0.258. The van der Waals surface area contributed by atoms with Gasteiger partial charge in [0.25, 0.3) is 0 Å². The average molecular weight is 287 g/mol. The first-order valence-corrected chi connectivity index (χ1v) is 6.93. The molecule has 0 saturated carbocycles. The molecule has 0 aliphatic heterocycles. The molecule has 0 atom stereocenters. The summed E-state index contributed by atoms with van der Waals surface area (Å²) in [5, 5.41) is 6.96. The molecule has 2 N–H and O–H groups in total. The molecule has 0 aliphatic carbocycles. The van der Waals surface area contributed by atoms with E-state index in [-0.39, 0.29) is 5.95 Å². The molecule has 4 aromatic rings. The van der Waals surface area contributed by atoms with Crippen LogP contribution in [0.25, 0.3) is 21.8 Å². The second kappa shape index (κ2) is 4.96. The summed E-state index contributed by atoms with van der Waals surface area (Å²) in [4.78, 5) is 7.94. The monoisotopic (exact) mass is 287 g/mol. The third-order valence-corrected chi connectivity index (χ3v) is 3.57. The lowest BCUT2D eigenvalue weighted by atomic mass is 10.2. The van der Waals surface area contributed by atoms with Crippen molar-refractivity contribution >= 4 is 34.0 Å². The van der Waals surface area contributed by atoms with Crippen molar-refractivity contribution in [3.05, 3.63) is 66.5 Å². The Balaban J connectivity index is 1.91. The molecule has 5 nitrogen and oxygen atoms in total. The fourth-order valence-electron chi connectivity index (χ4n) is 2.57. The molecule has 106 valence electrons. The highest BCUT2D eigenvalue weighted by molar-refractivity contribution is 6.08. The molecule has 2 heterocycles. The van der Waals surface area contributed by atoms with Crippen molar-refractivity contribution in [3.8, 4) is 0 Å². The maximum Gasteiger partial charge on any atom is 0.219 e. The summed E-state index contributed by atoms with van der Waals surface area (Å²) >= 11 is 0. The van der Waals surface area contributed by atoms with Crippen molar-refractivity contribution in [2.45, 2.75) is 0 Å². The third-order valence-electron chi connectivity index (χ3n) is 3.57. The Morgan fingerprint density at radius 3 is 2.00 bits per heavy atom. The van der Waals surface area contributed by atoms with Crippen molar-refractivity contribution in [1.29, 1.82) is 0 Å². The Labute approximate surface area is 126 Å². The van der Waals surface area contributed by atoms with Crippen LogP contribution in [0.15, 0.2) is 66.0 Å². The molecule has 2 aromatic heterocycles. The van der Waals surface area contributed by atoms with Gasteiger partial charge in [0.1, 0.15) is 0 Å². The van der Waals surface area contributed by atoms with Crippen LogP contribution in [0.5, 0.6) is 0 Å². The normalized spacial score (nSPS) is 11.6. The lowest BCUT2D eigenvalue weighted by Gasteiger charge is -1.99. The Hall–Kier alpha value is -3.21. The molecule has 0 bridgehead atoms. The number of hydrogen-bond acceptors (Lipinski definition) is 4. The minimum atomic E-state index is 0.258. The number of fused-ring (bicyclic) bond motifs is 3. The number of aromatic nitrogens is 3. The molecular weight excluding hydrogens is 274 g/mol. The molecule has 0 radical (unpaired) electrons. The molecule has 4 rings (SSSR count). The van der Waals surface area contributed by atoms with E-state index in [4.69, 9.17) is 5.73 Å². The van der Waals surface area contributed by atoms with Crippen LogP contribution in [0.2, 0.25) is 0 Å². The van der Waals surface area contributed by atoms with E-state index >= 15 is 0 Å². The van der Waals surface area contributed by atoms with Gasteiger partial charge in [0.15, 0.2) is 0 Å². The molecule has 0 saturated heterocycles. The molecule has 0 unspecified atom stereocenters. The van der Waals surface area contributed by atoms with E-state index in [0.29, 0.717) is 0 Å². The fourth-order valence-corrected chi connectivity index (χ4v) is 2.57.